The summed E-state index contributed by atoms with van der Waals surface area (Å²) in [5.41, 5.74) is 1.68. The average molecular weight is 388 g/mol. The van der Waals surface area contributed by atoms with E-state index in [0.717, 1.165) is 11.4 Å². The van der Waals surface area contributed by atoms with Crippen molar-refractivity contribution in [1.82, 2.24) is 12.3 Å². The molecule has 0 amide bonds. The third-order valence-corrected chi connectivity index (χ3v) is 1.87. The Hall–Kier alpha value is -0.314. The van der Waals surface area contributed by atoms with Crippen LogP contribution in [0.4, 0.5) is 0 Å². The van der Waals surface area contributed by atoms with Crippen LogP contribution >= 0.6 is 0 Å². The number of nitrogens with zero attached hydrogens (tertiary/aromatic N) is 2. The maximum absolute atomic E-state index is 10.8. The van der Waals surface area contributed by atoms with E-state index in [2.05, 4.69) is 9.98 Å². The average Bonchev–Trinajstić information content (AvgIpc) is 2.10. The number of carbonyl (C=O) groups excluding carboxylic acids is 2. The second-order valence-corrected chi connectivity index (χ2v) is 3.99. The molecule has 0 aliphatic heterocycles. The van der Waals surface area contributed by atoms with Crippen LogP contribution in [0.2, 0.25) is 0 Å². The Labute approximate surface area is 150 Å². The summed E-state index contributed by atoms with van der Waals surface area (Å²) in [6.45, 7) is 7.94. The van der Waals surface area contributed by atoms with Crippen LogP contribution in [0.15, 0.2) is 9.98 Å². The van der Waals surface area contributed by atoms with Crippen LogP contribution in [0.3, 0.4) is 0 Å². The van der Waals surface area contributed by atoms with Crippen molar-refractivity contribution in [2.45, 2.75) is 40.5 Å². The molecule has 9 heteroatoms. The Morgan fingerprint density at radius 2 is 0.952 bits per heavy atom. The molecule has 0 atom stereocenters. The monoisotopic (exact) mass is 387 g/mol. The van der Waals surface area contributed by atoms with Gasteiger partial charge in [-0.1, -0.05) is 0 Å². The van der Waals surface area contributed by atoms with Crippen LogP contribution < -0.4 is 37.1 Å². The molecule has 0 rings (SSSR count). The van der Waals surface area contributed by atoms with Crippen molar-refractivity contribution in [3.63, 3.8) is 0 Å². The standard InChI is InChI=1S/C12H20N2O2.2ClH.Co.2H3N/c1-9(7-11(3)15)13-5-6-14-10(2)8-12(4)16;;;;;/h5-8H2,1-4H3;2*1H;;2*1H3/q;;;+2;;/p-2. The Bertz CT molecular complexity index is 305. The molecule has 0 saturated heterocycles. The number of halogens is 2. The first-order valence-electron chi connectivity index (χ1n) is 5.40. The molecule has 0 aliphatic rings. The number of hydrogen-bond donors (Lipinski definition) is 2. The van der Waals surface area contributed by atoms with Gasteiger partial charge in [0, 0.05) is 24.3 Å². The molecule has 0 aromatic heterocycles. The molecule has 6 N–H and O–H groups in total. The molecule has 1 radical (unpaired) electrons. The van der Waals surface area contributed by atoms with Crippen LogP contribution in [-0.2, 0) is 26.4 Å². The van der Waals surface area contributed by atoms with Crippen molar-refractivity contribution in [3.8, 4) is 0 Å². The second kappa shape index (κ2) is 22.0. The van der Waals surface area contributed by atoms with Gasteiger partial charge >= 0.3 is 16.8 Å². The minimum absolute atomic E-state index is 0. The third kappa shape index (κ3) is 28.6. The van der Waals surface area contributed by atoms with E-state index in [1.165, 1.54) is 0 Å². The zero-order valence-corrected chi connectivity index (χ0v) is 15.6. The zero-order chi connectivity index (χ0) is 12.6. The van der Waals surface area contributed by atoms with Gasteiger partial charge in [0.15, 0.2) is 0 Å². The van der Waals surface area contributed by atoms with Gasteiger partial charge in [0.2, 0.25) is 0 Å². The number of aliphatic imine (C=N–C) groups is 2. The summed E-state index contributed by atoms with van der Waals surface area (Å²) in [4.78, 5) is 30.0. The molecule has 0 bridgehead atoms. The fourth-order valence-electron chi connectivity index (χ4n) is 1.31. The molecule has 0 aromatic rings. The van der Waals surface area contributed by atoms with Crippen molar-refractivity contribution in [2.75, 3.05) is 13.1 Å². The number of hydrogen-bond acceptors (Lipinski definition) is 6. The summed E-state index contributed by atoms with van der Waals surface area (Å²) in [5.74, 6) is 0.245. The van der Waals surface area contributed by atoms with Crippen molar-refractivity contribution in [1.29, 1.82) is 0 Å². The molecule has 0 heterocycles. The van der Waals surface area contributed by atoms with Gasteiger partial charge in [0.1, 0.15) is 11.6 Å². The van der Waals surface area contributed by atoms with Crippen LogP contribution in [0.5, 0.6) is 0 Å². The quantitative estimate of drug-likeness (QED) is 0.342. The van der Waals surface area contributed by atoms with E-state index in [9.17, 15) is 9.59 Å². The fraction of sp³-hybridized carbons (Fsp3) is 0.667. The Kier molecular flexibility index (Phi) is 38.9. The molecule has 21 heavy (non-hydrogen) atoms. The van der Waals surface area contributed by atoms with Gasteiger partial charge in [0.05, 0.1) is 13.1 Å². The second-order valence-electron chi connectivity index (χ2n) is 3.99. The van der Waals surface area contributed by atoms with Crippen molar-refractivity contribution < 1.29 is 51.2 Å². The maximum atomic E-state index is 10.8. The molecular weight excluding hydrogens is 362 g/mol. The molecule has 0 saturated carbocycles. The smallest absolute Gasteiger partial charge is 1.00 e. The molecule has 6 nitrogen and oxygen atoms in total. The number of carbonyl (C=O) groups is 2. The van der Waals surface area contributed by atoms with Crippen LogP contribution in [0, 0.1) is 0 Å². The summed E-state index contributed by atoms with van der Waals surface area (Å²) >= 11 is 0. The van der Waals surface area contributed by atoms with E-state index < -0.39 is 0 Å². The Morgan fingerprint density at radius 3 is 1.14 bits per heavy atom. The van der Waals surface area contributed by atoms with Crippen LogP contribution in [0.1, 0.15) is 40.5 Å². The fourth-order valence-corrected chi connectivity index (χ4v) is 1.31. The molecule has 0 aromatic carbocycles. The van der Waals surface area contributed by atoms with Gasteiger partial charge < -0.3 is 37.1 Å². The SMILES string of the molecule is CC(=O)CC(C)=NCCN=C(C)CC(C)=O.N.N.[Cl-].[Cl-].[Co+2]. The van der Waals surface area contributed by atoms with Crippen molar-refractivity contribution in [2.24, 2.45) is 9.98 Å². The predicted octanol–water partition coefficient (Wildman–Crippen LogP) is -3.80. The van der Waals surface area contributed by atoms with Gasteiger partial charge in [-0.3, -0.25) is 19.6 Å². The minimum atomic E-state index is 0. The number of ketones is 2. The molecule has 0 aliphatic carbocycles. The molecular formula is C12H26Cl2CoN4O2. The van der Waals surface area contributed by atoms with Gasteiger partial charge in [-0.25, -0.2) is 0 Å². The van der Waals surface area contributed by atoms with Gasteiger partial charge in [-0.15, -0.1) is 0 Å². The summed E-state index contributed by atoms with van der Waals surface area (Å²) in [6, 6.07) is 0. The normalized spacial score (nSPS) is 9.71. The van der Waals surface area contributed by atoms with E-state index in [1.807, 2.05) is 13.8 Å². The number of Topliss-reactive ketones (excluding diaryl/α,β-unsaturated/α-hetero) is 2. The van der Waals surface area contributed by atoms with Gasteiger partial charge in [-0.05, 0) is 27.7 Å². The maximum Gasteiger partial charge on any atom is 2.00 e. The predicted molar refractivity (Wildman–Crippen MR) is 76.6 cm³/mol. The first kappa shape index (κ1) is 37.2. The van der Waals surface area contributed by atoms with Crippen LogP contribution in [0.25, 0.3) is 0 Å². The van der Waals surface area contributed by atoms with E-state index in [4.69, 9.17) is 0 Å². The van der Waals surface area contributed by atoms with Crippen molar-refractivity contribution in [3.05, 3.63) is 0 Å². The van der Waals surface area contributed by atoms with E-state index in [-0.39, 0.29) is 65.5 Å². The largest absolute Gasteiger partial charge is 2.00 e. The first-order valence-corrected chi connectivity index (χ1v) is 5.40. The summed E-state index contributed by atoms with van der Waals surface area (Å²) in [6.07, 6.45) is 0.826. The van der Waals surface area contributed by atoms with E-state index >= 15 is 0 Å². The van der Waals surface area contributed by atoms with E-state index in [0.29, 0.717) is 25.9 Å². The van der Waals surface area contributed by atoms with Crippen LogP contribution in [-0.4, -0.2) is 36.1 Å². The Balaban J connectivity index is -0.000000112. The first-order chi connectivity index (χ1) is 7.41. The summed E-state index contributed by atoms with van der Waals surface area (Å²) in [7, 11) is 0. The molecule has 0 fully saturated rings. The molecule has 0 spiro atoms. The minimum Gasteiger partial charge on any atom is -1.00 e. The third-order valence-electron chi connectivity index (χ3n) is 1.87. The zero-order valence-electron chi connectivity index (χ0n) is 13.0. The van der Waals surface area contributed by atoms with E-state index in [1.54, 1.807) is 13.8 Å². The molecule has 0 unspecified atom stereocenters. The topological polar surface area (TPSA) is 129 Å². The Morgan fingerprint density at radius 1 is 0.714 bits per heavy atom. The van der Waals surface area contributed by atoms with Gasteiger partial charge in [-0.2, -0.15) is 0 Å². The van der Waals surface area contributed by atoms with Crippen molar-refractivity contribution >= 4 is 23.0 Å². The summed E-state index contributed by atoms with van der Waals surface area (Å²) in [5, 5.41) is 0. The summed E-state index contributed by atoms with van der Waals surface area (Å²) < 4.78 is 0. The molecule has 129 valence electrons. The number of rotatable bonds is 7. The van der Waals surface area contributed by atoms with Gasteiger partial charge in [0.25, 0.3) is 0 Å².